The molecule has 0 heterocycles. The van der Waals surface area contributed by atoms with Crippen molar-refractivity contribution >= 4 is 0 Å². The fourth-order valence-corrected chi connectivity index (χ4v) is 3.84. The van der Waals surface area contributed by atoms with Crippen molar-refractivity contribution in [3.05, 3.63) is 35.9 Å². The lowest BCUT2D eigenvalue weighted by Gasteiger charge is -2.35. The molecule has 1 saturated carbocycles. The summed E-state index contributed by atoms with van der Waals surface area (Å²) in [5.74, 6) is 0.845. The maximum atomic E-state index is 3.84. The van der Waals surface area contributed by atoms with Crippen LogP contribution in [0.3, 0.4) is 0 Å². The molecular weight excluding hydrogens is 242 g/mol. The molecule has 2 atom stereocenters. The van der Waals surface area contributed by atoms with Crippen molar-refractivity contribution in [2.75, 3.05) is 6.54 Å². The Kier molecular flexibility index (Phi) is 5.65. The van der Waals surface area contributed by atoms with E-state index in [1.54, 1.807) is 0 Å². The van der Waals surface area contributed by atoms with Crippen LogP contribution >= 0.6 is 0 Å². The Hall–Kier alpha value is -0.820. The van der Waals surface area contributed by atoms with Gasteiger partial charge in [0.05, 0.1) is 0 Å². The van der Waals surface area contributed by atoms with Gasteiger partial charge in [-0.3, -0.25) is 0 Å². The number of nitrogens with one attached hydrogen (secondary N) is 1. The largest absolute Gasteiger partial charge is 0.314 e. The Balaban J connectivity index is 1.96. The third kappa shape index (κ3) is 4.09. The van der Waals surface area contributed by atoms with Gasteiger partial charge in [-0.1, -0.05) is 57.5 Å². The molecule has 1 aliphatic carbocycles. The fraction of sp³-hybridized carbons (Fsp3) is 0.684. The first-order valence-corrected chi connectivity index (χ1v) is 8.41. The molecule has 1 fully saturated rings. The van der Waals surface area contributed by atoms with Crippen LogP contribution in [0.4, 0.5) is 0 Å². The van der Waals surface area contributed by atoms with Gasteiger partial charge in [0.15, 0.2) is 0 Å². The Morgan fingerprint density at radius 1 is 1.25 bits per heavy atom. The van der Waals surface area contributed by atoms with Gasteiger partial charge in [-0.25, -0.2) is 0 Å². The lowest BCUT2D eigenvalue weighted by atomic mass is 9.76. The van der Waals surface area contributed by atoms with Crippen LogP contribution in [-0.4, -0.2) is 12.6 Å². The molecule has 0 saturated heterocycles. The standard InChI is InChI=1S/C19H31N/c1-4-15-20-18(17-11-8-14-19(17,2)3)13-12-16-9-6-5-7-10-16/h5-7,9-10,17-18,20H,4,8,11-15H2,1-3H3. The summed E-state index contributed by atoms with van der Waals surface area (Å²) in [5.41, 5.74) is 1.99. The minimum Gasteiger partial charge on any atom is -0.314 e. The number of aryl methyl sites for hydroxylation is 1. The molecule has 0 amide bonds. The molecular formula is C19H31N. The van der Waals surface area contributed by atoms with Gasteiger partial charge < -0.3 is 5.32 Å². The van der Waals surface area contributed by atoms with E-state index in [-0.39, 0.29) is 0 Å². The van der Waals surface area contributed by atoms with Gasteiger partial charge in [-0.15, -0.1) is 0 Å². The predicted molar refractivity (Wildman–Crippen MR) is 88.0 cm³/mol. The molecule has 1 aromatic rings. The van der Waals surface area contributed by atoms with E-state index in [1.165, 1.54) is 44.1 Å². The summed E-state index contributed by atoms with van der Waals surface area (Å²) in [6.07, 6.45) is 7.92. The van der Waals surface area contributed by atoms with Crippen molar-refractivity contribution in [2.45, 2.75) is 65.3 Å². The minimum atomic E-state index is 0.516. The van der Waals surface area contributed by atoms with E-state index in [4.69, 9.17) is 0 Å². The maximum absolute atomic E-state index is 3.84. The summed E-state index contributed by atoms with van der Waals surface area (Å²) in [5, 5.41) is 3.84. The molecule has 112 valence electrons. The Morgan fingerprint density at radius 2 is 2.00 bits per heavy atom. The van der Waals surface area contributed by atoms with E-state index in [1.807, 2.05) is 0 Å². The normalized spacial score (nSPS) is 22.9. The van der Waals surface area contributed by atoms with Crippen LogP contribution in [0.5, 0.6) is 0 Å². The first-order chi connectivity index (χ1) is 9.63. The van der Waals surface area contributed by atoms with Crippen LogP contribution in [-0.2, 0) is 6.42 Å². The predicted octanol–water partition coefficient (Wildman–Crippen LogP) is 4.81. The second kappa shape index (κ2) is 7.26. The number of hydrogen-bond acceptors (Lipinski definition) is 1. The van der Waals surface area contributed by atoms with Crippen molar-refractivity contribution in [1.82, 2.24) is 5.32 Å². The molecule has 2 unspecified atom stereocenters. The van der Waals surface area contributed by atoms with Crippen LogP contribution in [0.2, 0.25) is 0 Å². The Morgan fingerprint density at radius 3 is 2.60 bits per heavy atom. The quantitative estimate of drug-likeness (QED) is 0.751. The molecule has 0 aromatic heterocycles. The lowest BCUT2D eigenvalue weighted by Crippen LogP contribution is -2.41. The topological polar surface area (TPSA) is 12.0 Å². The fourth-order valence-electron chi connectivity index (χ4n) is 3.84. The number of rotatable bonds is 7. The molecule has 1 N–H and O–H groups in total. The molecule has 1 heteroatoms. The van der Waals surface area contributed by atoms with E-state index in [0.29, 0.717) is 11.5 Å². The van der Waals surface area contributed by atoms with Gasteiger partial charge in [0, 0.05) is 6.04 Å². The summed E-state index contributed by atoms with van der Waals surface area (Å²) in [4.78, 5) is 0. The molecule has 0 spiro atoms. The van der Waals surface area contributed by atoms with Crippen LogP contribution < -0.4 is 5.32 Å². The van der Waals surface area contributed by atoms with Crippen LogP contribution in [0.15, 0.2) is 30.3 Å². The van der Waals surface area contributed by atoms with E-state index in [2.05, 4.69) is 56.4 Å². The van der Waals surface area contributed by atoms with Crippen molar-refractivity contribution in [2.24, 2.45) is 11.3 Å². The van der Waals surface area contributed by atoms with E-state index in [9.17, 15) is 0 Å². The average Bonchev–Trinajstić information content (AvgIpc) is 2.80. The highest BCUT2D eigenvalue weighted by atomic mass is 14.9. The minimum absolute atomic E-state index is 0.516. The zero-order valence-corrected chi connectivity index (χ0v) is 13.5. The molecule has 20 heavy (non-hydrogen) atoms. The average molecular weight is 273 g/mol. The van der Waals surface area contributed by atoms with Gasteiger partial charge in [0.1, 0.15) is 0 Å². The number of hydrogen-bond donors (Lipinski definition) is 1. The van der Waals surface area contributed by atoms with Crippen LogP contribution in [0, 0.1) is 11.3 Å². The highest BCUT2D eigenvalue weighted by molar-refractivity contribution is 5.15. The van der Waals surface area contributed by atoms with Crippen LogP contribution in [0.1, 0.15) is 58.4 Å². The highest BCUT2D eigenvalue weighted by Crippen LogP contribution is 2.45. The van der Waals surface area contributed by atoms with Crippen molar-refractivity contribution in [3.63, 3.8) is 0 Å². The smallest absolute Gasteiger partial charge is 0.0104 e. The summed E-state index contributed by atoms with van der Waals surface area (Å²) < 4.78 is 0. The van der Waals surface area contributed by atoms with Crippen molar-refractivity contribution in [1.29, 1.82) is 0 Å². The third-order valence-corrected chi connectivity index (χ3v) is 5.07. The zero-order chi connectivity index (χ0) is 14.4. The van der Waals surface area contributed by atoms with E-state index >= 15 is 0 Å². The summed E-state index contributed by atoms with van der Waals surface area (Å²) in [6, 6.07) is 11.6. The lowest BCUT2D eigenvalue weighted by molar-refractivity contribution is 0.190. The Labute approximate surface area is 125 Å². The van der Waals surface area contributed by atoms with E-state index in [0.717, 1.165) is 12.5 Å². The molecule has 0 aliphatic heterocycles. The molecule has 0 radical (unpaired) electrons. The van der Waals surface area contributed by atoms with Crippen molar-refractivity contribution < 1.29 is 0 Å². The molecule has 1 nitrogen and oxygen atoms in total. The van der Waals surface area contributed by atoms with Crippen molar-refractivity contribution in [3.8, 4) is 0 Å². The molecule has 1 aliphatic rings. The van der Waals surface area contributed by atoms with Gasteiger partial charge >= 0.3 is 0 Å². The monoisotopic (exact) mass is 273 g/mol. The molecule has 2 rings (SSSR count). The van der Waals surface area contributed by atoms with Gasteiger partial charge in [-0.05, 0) is 55.5 Å². The van der Waals surface area contributed by atoms with E-state index < -0.39 is 0 Å². The van der Waals surface area contributed by atoms with Gasteiger partial charge in [0.2, 0.25) is 0 Å². The number of benzene rings is 1. The summed E-state index contributed by atoms with van der Waals surface area (Å²) in [6.45, 7) is 8.36. The molecule has 1 aromatic carbocycles. The van der Waals surface area contributed by atoms with Crippen LogP contribution in [0.25, 0.3) is 0 Å². The first-order valence-electron chi connectivity index (χ1n) is 8.41. The zero-order valence-electron chi connectivity index (χ0n) is 13.5. The van der Waals surface area contributed by atoms with Gasteiger partial charge in [-0.2, -0.15) is 0 Å². The maximum Gasteiger partial charge on any atom is 0.0104 e. The SMILES string of the molecule is CCCNC(CCc1ccccc1)C1CCCC1(C)C. The Bertz CT molecular complexity index is 382. The second-order valence-electron chi connectivity index (χ2n) is 7.07. The highest BCUT2D eigenvalue weighted by Gasteiger charge is 2.38. The second-order valence-corrected chi connectivity index (χ2v) is 7.07. The van der Waals surface area contributed by atoms with Gasteiger partial charge in [0.25, 0.3) is 0 Å². The summed E-state index contributed by atoms with van der Waals surface area (Å²) >= 11 is 0. The summed E-state index contributed by atoms with van der Waals surface area (Å²) in [7, 11) is 0. The third-order valence-electron chi connectivity index (χ3n) is 5.07. The first kappa shape index (κ1) is 15.6. The molecule has 0 bridgehead atoms.